The molecule has 0 saturated heterocycles. The van der Waals surface area contributed by atoms with E-state index in [1.165, 1.54) is 6.07 Å². The number of anilines is 1. The van der Waals surface area contributed by atoms with Gasteiger partial charge in [0.05, 0.1) is 4.92 Å². The van der Waals surface area contributed by atoms with Crippen LogP contribution in [-0.2, 0) is 0 Å². The fourth-order valence-electron chi connectivity index (χ4n) is 1.37. The highest BCUT2D eigenvalue weighted by Gasteiger charge is 2.14. The molecule has 0 atom stereocenters. The van der Waals surface area contributed by atoms with E-state index in [4.69, 9.17) is 10.5 Å². The van der Waals surface area contributed by atoms with E-state index in [1.807, 2.05) is 0 Å². The number of rotatable bonds is 3. The molecule has 6 nitrogen and oxygen atoms in total. The molecular weight excluding hydrogens is 260 g/mol. The van der Waals surface area contributed by atoms with Gasteiger partial charge in [-0.3, -0.25) is 10.1 Å². The first-order valence-electron chi connectivity index (χ1n) is 5.00. The minimum Gasteiger partial charge on any atom is -0.439 e. The third kappa shape index (κ3) is 2.92. The molecule has 0 unspecified atom stereocenters. The van der Waals surface area contributed by atoms with Crippen LogP contribution in [0.2, 0.25) is 0 Å². The van der Waals surface area contributed by atoms with E-state index in [9.17, 15) is 18.9 Å². The molecule has 2 aromatic rings. The number of halogens is 2. The zero-order valence-corrected chi connectivity index (χ0v) is 9.34. The van der Waals surface area contributed by atoms with Crippen LogP contribution in [0.1, 0.15) is 0 Å². The molecule has 0 amide bonds. The Morgan fingerprint density at radius 3 is 2.37 bits per heavy atom. The Labute approximate surface area is 105 Å². The topological polar surface area (TPSA) is 91.3 Å². The molecule has 98 valence electrons. The van der Waals surface area contributed by atoms with E-state index in [0.29, 0.717) is 6.07 Å². The van der Waals surface area contributed by atoms with Crippen LogP contribution in [0.15, 0.2) is 30.3 Å². The molecule has 1 aromatic heterocycles. The molecule has 1 heterocycles. The Kier molecular flexibility index (Phi) is 3.23. The molecule has 2 rings (SSSR count). The SMILES string of the molecule is Nc1nc(Oc2cc(F)cc(F)c2)ccc1[N+](=O)[O-]. The molecule has 0 aliphatic heterocycles. The van der Waals surface area contributed by atoms with E-state index in [0.717, 1.165) is 18.2 Å². The van der Waals surface area contributed by atoms with Crippen molar-refractivity contribution in [2.24, 2.45) is 0 Å². The third-order valence-electron chi connectivity index (χ3n) is 2.13. The molecular formula is C11H7F2N3O3. The predicted octanol–water partition coefficient (Wildman–Crippen LogP) is 2.64. The van der Waals surface area contributed by atoms with Gasteiger partial charge in [-0.2, -0.15) is 4.98 Å². The van der Waals surface area contributed by atoms with E-state index in [-0.39, 0.29) is 23.1 Å². The number of nitro groups is 1. The molecule has 0 aliphatic carbocycles. The van der Waals surface area contributed by atoms with Crippen LogP contribution < -0.4 is 10.5 Å². The fourth-order valence-corrected chi connectivity index (χ4v) is 1.37. The highest BCUT2D eigenvalue weighted by molar-refractivity contribution is 5.53. The largest absolute Gasteiger partial charge is 0.439 e. The zero-order chi connectivity index (χ0) is 14.0. The number of ether oxygens (including phenoxy) is 1. The van der Waals surface area contributed by atoms with Gasteiger partial charge in [-0.05, 0) is 0 Å². The van der Waals surface area contributed by atoms with E-state index in [1.54, 1.807) is 0 Å². The van der Waals surface area contributed by atoms with Crippen LogP contribution in [0.5, 0.6) is 11.6 Å². The van der Waals surface area contributed by atoms with E-state index >= 15 is 0 Å². The second-order valence-electron chi connectivity index (χ2n) is 3.52. The Balaban J connectivity index is 2.28. The van der Waals surface area contributed by atoms with Gasteiger partial charge in [0.15, 0.2) is 0 Å². The number of nitrogens with zero attached hydrogens (tertiary/aromatic N) is 2. The number of hydrogen-bond acceptors (Lipinski definition) is 5. The van der Waals surface area contributed by atoms with Crippen molar-refractivity contribution in [1.29, 1.82) is 0 Å². The van der Waals surface area contributed by atoms with Crippen LogP contribution in [-0.4, -0.2) is 9.91 Å². The summed E-state index contributed by atoms with van der Waals surface area (Å²) < 4.78 is 30.9. The standard InChI is InChI=1S/C11H7F2N3O3/c12-6-3-7(13)5-8(4-6)19-10-2-1-9(16(17)18)11(14)15-10/h1-5H,(H2,14,15). The quantitative estimate of drug-likeness (QED) is 0.681. The lowest BCUT2D eigenvalue weighted by Crippen LogP contribution is -1.99. The maximum absolute atomic E-state index is 12.9. The molecule has 0 bridgehead atoms. The maximum Gasteiger partial charge on any atom is 0.311 e. The van der Waals surface area contributed by atoms with Gasteiger partial charge in [-0.1, -0.05) is 0 Å². The maximum atomic E-state index is 12.9. The number of aromatic nitrogens is 1. The number of pyridine rings is 1. The summed E-state index contributed by atoms with van der Waals surface area (Å²) in [6, 6.07) is 4.85. The monoisotopic (exact) mass is 267 g/mol. The fraction of sp³-hybridized carbons (Fsp3) is 0. The molecule has 0 saturated carbocycles. The molecule has 0 aliphatic rings. The summed E-state index contributed by atoms with van der Waals surface area (Å²) in [4.78, 5) is 13.4. The lowest BCUT2D eigenvalue weighted by molar-refractivity contribution is -0.384. The minimum absolute atomic E-state index is 0.104. The van der Waals surface area contributed by atoms with Crippen molar-refractivity contribution in [3.8, 4) is 11.6 Å². The molecule has 2 N–H and O–H groups in total. The predicted molar refractivity (Wildman–Crippen MR) is 61.7 cm³/mol. The first kappa shape index (κ1) is 12.7. The van der Waals surface area contributed by atoms with Gasteiger partial charge in [0.2, 0.25) is 11.7 Å². The Morgan fingerprint density at radius 1 is 1.21 bits per heavy atom. The van der Waals surface area contributed by atoms with Crippen molar-refractivity contribution in [2.45, 2.75) is 0 Å². The normalized spacial score (nSPS) is 10.2. The lowest BCUT2D eigenvalue weighted by atomic mass is 10.3. The Morgan fingerprint density at radius 2 is 1.84 bits per heavy atom. The van der Waals surface area contributed by atoms with Crippen molar-refractivity contribution in [1.82, 2.24) is 4.98 Å². The molecule has 8 heteroatoms. The van der Waals surface area contributed by atoms with Crippen molar-refractivity contribution in [3.05, 3.63) is 52.1 Å². The second-order valence-corrected chi connectivity index (χ2v) is 3.52. The van der Waals surface area contributed by atoms with Gasteiger partial charge in [-0.25, -0.2) is 8.78 Å². The van der Waals surface area contributed by atoms with Crippen molar-refractivity contribution in [3.63, 3.8) is 0 Å². The summed E-state index contributed by atoms with van der Waals surface area (Å²) >= 11 is 0. The lowest BCUT2D eigenvalue weighted by Gasteiger charge is -2.05. The van der Waals surface area contributed by atoms with Crippen molar-refractivity contribution in [2.75, 3.05) is 5.73 Å². The van der Waals surface area contributed by atoms with E-state index < -0.39 is 16.6 Å². The van der Waals surface area contributed by atoms with Gasteiger partial charge in [-0.15, -0.1) is 0 Å². The number of benzene rings is 1. The summed E-state index contributed by atoms with van der Waals surface area (Å²) in [5, 5.41) is 10.5. The highest BCUT2D eigenvalue weighted by atomic mass is 19.1. The second kappa shape index (κ2) is 4.84. The smallest absolute Gasteiger partial charge is 0.311 e. The van der Waals surface area contributed by atoms with Gasteiger partial charge in [0.25, 0.3) is 0 Å². The first-order valence-corrected chi connectivity index (χ1v) is 5.00. The summed E-state index contributed by atoms with van der Waals surface area (Å²) in [5.41, 5.74) is 4.98. The summed E-state index contributed by atoms with van der Waals surface area (Å²) in [5.74, 6) is -2.21. The van der Waals surface area contributed by atoms with Gasteiger partial charge >= 0.3 is 5.69 Å². The minimum atomic E-state index is -0.815. The average molecular weight is 267 g/mol. The van der Waals surface area contributed by atoms with Crippen LogP contribution >= 0.6 is 0 Å². The van der Waals surface area contributed by atoms with Crippen LogP contribution in [0.4, 0.5) is 20.3 Å². The van der Waals surface area contributed by atoms with Gasteiger partial charge < -0.3 is 10.5 Å². The number of nitrogens with two attached hydrogens (primary N) is 1. The van der Waals surface area contributed by atoms with Crippen molar-refractivity contribution < 1.29 is 18.4 Å². The van der Waals surface area contributed by atoms with E-state index in [2.05, 4.69) is 4.98 Å². The van der Waals surface area contributed by atoms with Crippen molar-refractivity contribution >= 4 is 11.5 Å². The number of hydrogen-bond donors (Lipinski definition) is 1. The average Bonchev–Trinajstić information content (AvgIpc) is 2.26. The van der Waals surface area contributed by atoms with Crippen LogP contribution in [0.25, 0.3) is 0 Å². The molecule has 1 aromatic carbocycles. The zero-order valence-electron chi connectivity index (χ0n) is 9.34. The summed E-state index contributed by atoms with van der Waals surface area (Å²) in [6.07, 6.45) is 0. The van der Waals surface area contributed by atoms with Crippen LogP contribution in [0, 0.1) is 21.7 Å². The van der Waals surface area contributed by atoms with Gasteiger partial charge in [0, 0.05) is 30.3 Å². The molecule has 0 fully saturated rings. The summed E-state index contributed by atoms with van der Waals surface area (Å²) in [7, 11) is 0. The number of nitrogen functional groups attached to an aromatic ring is 1. The first-order chi connectivity index (χ1) is 8.95. The van der Waals surface area contributed by atoms with Gasteiger partial charge in [0.1, 0.15) is 17.4 Å². The molecule has 19 heavy (non-hydrogen) atoms. The molecule has 0 radical (unpaired) electrons. The Bertz CT molecular complexity index is 629. The molecule has 0 spiro atoms. The van der Waals surface area contributed by atoms with Crippen LogP contribution in [0.3, 0.4) is 0 Å². The Hall–Kier alpha value is -2.77. The summed E-state index contributed by atoms with van der Waals surface area (Å²) in [6.45, 7) is 0. The third-order valence-corrected chi connectivity index (χ3v) is 2.13. The highest BCUT2D eigenvalue weighted by Crippen LogP contribution is 2.26.